The number of anilines is 2. The fourth-order valence-corrected chi connectivity index (χ4v) is 3.69. The fraction of sp³-hybridized carbons (Fsp3) is 0.500. The number of hydrogen-bond acceptors (Lipinski definition) is 5. The minimum Gasteiger partial charge on any atom is -0.423 e. The number of likely N-dealkylation sites (N-methyl/N-ethyl adjacent to an activating group) is 1. The minimum atomic E-state index is -0.656. The van der Waals surface area contributed by atoms with Gasteiger partial charge >= 0.3 is 6.09 Å². The van der Waals surface area contributed by atoms with Gasteiger partial charge in [-0.2, -0.15) is 11.8 Å². The van der Waals surface area contributed by atoms with Crippen LogP contribution in [-0.2, 0) is 9.53 Å². The molecule has 130 valence electrons. The number of nitrogens with zero attached hydrogens (tertiary/aromatic N) is 3. The number of cyclic esters (lactones) is 1. The minimum absolute atomic E-state index is 0.189. The SMILES string of the molecule is CC(=O)N(C)C1CN(c2ccc(N3CCSCC3)c(F)c2)C(=O)O1. The van der Waals surface area contributed by atoms with Crippen molar-refractivity contribution in [2.45, 2.75) is 13.2 Å². The van der Waals surface area contributed by atoms with Crippen LogP contribution >= 0.6 is 11.8 Å². The van der Waals surface area contributed by atoms with Crippen LogP contribution in [0.2, 0.25) is 0 Å². The maximum Gasteiger partial charge on any atom is 0.416 e. The molecule has 2 heterocycles. The highest BCUT2D eigenvalue weighted by molar-refractivity contribution is 7.99. The predicted molar refractivity (Wildman–Crippen MR) is 92.0 cm³/mol. The van der Waals surface area contributed by atoms with E-state index in [1.54, 1.807) is 19.2 Å². The van der Waals surface area contributed by atoms with E-state index in [9.17, 15) is 14.0 Å². The Morgan fingerprint density at radius 2 is 2.08 bits per heavy atom. The monoisotopic (exact) mass is 353 g/mol. The quantitative estimate of drug-likeness (QED) is 0.833. The lowest BCUT2D eigenvalue weighted by atomic mass is 10.2. The molecule has 0 bridgehead atoms. The van der Waals surface area contributed by atoms with Crippen LogP contribution in [0, 0.1) is 5.82 Å². The van der Waals surface area contributed by atoms with E-state index in [0.29, 0.717) is 11.4 Å². The standard InChI is InChI=1S/C16H20FN3O3S/c1-11(21)18(2)15-10-20(16(22)23-15)12-3-4-14(13(17)9-12)19-5-7-24-8-6-19/h3-4,9,15H,5-8,10H2,1-2H3. The molecule has 2 amide bonds. The molecular weight excluding hydrogens is 333 g/mol. The summed E-state index contributed by atoms with van der Waals surface area (Å²) in [6, 6.07) is 4.78. The Labute approximate surface area is 144 Å². The summed E-state index contributed by atoms with van der Waals surface area (Å²) in [7, 11) is 1.57. The lowest BCUT2D eigenvalue weighted by Gasteiger charge is -2.29. The number of carbonyl (C=O) groups excluding carboxylic acids is 2. The van der Waals surface area contributed by atoms with Crippen molar-refractivity contribution in [1.82, 2.24) is 4.90 Å². The van der Waals surface area contributed by atoms with Crippen molar-refractivity contribution in [2.24, 2.45) is 0 Å². The van der Waals surface area contributed by atoms with Crippen molar-refractivity contribution >= 4 is 35.1 Å². The van der Waals surface area contributed by atoms with Gasteiger partial charge < -0.3 is 14.5 Å². The van der Waals surface area contributed by atoms with Crippen molar-refractivity contribution in [3.8, 4) is 0 Å². The van der Waals surface area contributed by atoms with Gasteiger partial charge in [0.05, 0.1) is 17.9 Å². The van der Waals surface area contributed by atoms with E-state index in [0.717, 1.165) is 24.6 Å². The second-order valence-electron chi connectivity index (χ2n) is 5.81. The molecule has 1 aromatic carbocycles. The van der Waals surface area contributed by atoms with Crippen LogP contribution in [0.15, 0.2) is 18.2 Å². The van der Waals surface area contributed by atoms with Crippen LogP contribution in [0.1, 0.15) is 6.92 Å². The highest BCUT2D eigenvalue weighted by Gasteiger charge is 2.36. The average Bonchev–Trinajstić information content (AvgIpc) is 2.96. The highest BCUT2D eigenvalue weighted by Crippen LogP contribution is 2.29. The summed E-state index contributed by atoms with van der Waals surface area (Å²) in [5.41, 5.74) is 0.996. The summed E-state index contributed by atoms with van der Waals surface area (Å²) >= 11 is 1.86. The molecule has 3 rings (SSSR count). The Bertz CT molecular complexity index is 651. The molecule has 6 nitrogen and oxygen atoms in total. The molecule has 0 N–H and O–H groups in total. The molecule has 1 aromatic rings. The van der Waals surface area contributed by atoms with Crippen LogP contribution in [0.3, 0.4) is 0 Å². The van der Waals surface area contributed by atoms with Gasteiger partial charge in [-0.3, -0.25) is 9.69 Å². The topological polar surface area (TPSA) is 53.1 Å². The number of rotatable bonds is 3. The first-order valence-electron chi connectivity index (χ1n) is 7.81. The van der Waals surface area contributed by atoms with Gasteiger partial charge in [-0.25, -0.2) is 9.18 Å². The Balaban J connectivity index is 1.76. The number of hydrogen-bond donors (Lipinski definition) is 0. The zero-order chi connectivity index (χ0) is 17.3. The van der Waals surface area contributed by atoms with E-state index in [1.807, 2.05) is 16.7 Å². The Hall–Kier alpha value is -1.96. The van der Waals surface area contributed by atoms with Gasteiger partial charge in [0.2, 0.25) is 5.91 Å². The maximum absolute atomic E-state index is 14.5. The summed E-state index contributed by atoms with van der Waals surface area (Å²) in [6.07, 6.45) is -1.23. The number of carbonyl (C=O) groups is 2. The third kappa shape index (κ3) is 3.28. The van der Waals surface area contributed by atoms with E-state index >= 15 is 0 Å². The molecule has 1 unspecified atom stereocenters. The molecule has 24 heavy (non-hydrogen) atoms. The molecule has 0 aromatic heterocycles. The summed E-state index contributed by atoms with van der Waals surface area (Å²) < 4.78 is 19.7. The van der Waals surface area contributed by atoms with Gasteiger partial charge in [-0.15, -0.1) is 0 Å². The lowest BCUT2D eigenvalue weighted by molar-refractivity contribution is -0.134. The molecule has 2 saturated heterocycles. The summed E-state index contributed by atoms with van der Waals surface area (Å²) in [5.74, 6) is 1.42. The summed E-state index contributed by atoms with van der Waals surface area (Å²) in [5, 5.41) is 0. The Morgan fingerprint density at radius 3 is 2.71 bits per heavy atom. The highest BCUT2D eigenvalue weighted by atomic mass is 32.2. The van der Waals surface area contributed by atoms with Crippen molar-refractivity contribution in [3.05, 3.63) is 24.0 Å². The lowest BCUT2D eigenvalue weighted by Crippen LogP contribution is -2.38. The smallest absolute Gasteiger partial charge is 0.416 e. The predicted octanol–water partition coefficient (Wildman–Crippen LogP) is 2.14. The first-order chi connectivity index (χ1) is 11.5. The number of ether oxygens (including phenoxy) is 1. The van der Waals surface area contributed by atoms with Gasteiger partial charge in [-0.1, -0.05) is 0 Å². The molecule has 2 aliphatic heterocycles. The number of thioether (sulfide) groups is 1. The van der Waals surface area contributed by atoms with Gasteiger partial charge in [0.25, 0.3) is 0 Å². The Morgan fingerprint density at radius 1 is 1.38 bits per heavy atom. The molecule has 2 aliphatic rings. The van der Waals surface area contributed by atoms with Gasteiger partial charge in [0.15, 0.2) is 6.23 Å². The third-order valence-electron chi connectivity index (χ3n) is 4.32. The van der Waals surface area contributed by atoms with Crippen LogP contribution in [0.5, 0.6) is 0 Å². The van der Waals surface area contributed by atoms with Crippen molar-refractivity contribution < 1.29 is 18.7 Å². The Kier molecular flexibility index (Phi) is 4.84. The van der Waals surface area contributed by atoms with E-state index in [1.165, 1.54) is 22.8 Å². The molecule has 1 atom stereocenters. The van der Waals surface area contributed by atoms with E-state index < -0.39 is 12.3 Å². The van der Waals surface area contributed by atoms with E-state index in [-0.39, 0.29) is 18.3 Å². The molecule has 0 spiro atoms. The van der Waals surface area contributed by atoms with Crippen LogP contribution in [-0.4, -0.2) is 61.3 Å². The van der Waals surface area contributed by atoms with Gasteiger partial charge in [0, 0.05) is 38.6 Å². The van der Waals surface area contributed by atoms with Crippen molar-refractivity contribution in [2.75, 3.05) is 48.0 Å². The zero-order valence-electron chi connectivity index (χ0n) is 13.7. The fourth-order valence-electron chi connectivity index (χ4n) is 2.79. The number of amides is 2. The molecule has 0 radical (unpaired) electrons. The second kappa shape index (κ2) is 6.88. The second-order valence-corrected chi connectivity index (χ2v) is 7.04. The largest absolute Gasteiger partial charge is 0.423 e. The average molecular weight is 353 g/mol. The van der Waals surface area contributed by atoms with Gasteiger partial charge in [0.1, 0.15) is 5.82 Å². The van der Waals surface area contributed by atoms with Crippen molar-refractivity contribution in [3.63, 3.8) is 0 Å². The van der Waals surface area contributed by atoms with Crippen LogP contribution in [0.4, 0.5) is 20.6 Å². The molecule has 0 aliphatic carbocycles. The molecule has 8 heteroatoms. The maximum atomic E-state index is 14.5. The number of halogens is 1. The first kappa shape index (κ1) is 16.9. The van der Waals surface area contributed by atoms with E-state index in [4.69, 9.17) is 4.74 Å². The molecule has 2 fully saturated rings. The van der Waals surface area contributed by atoms with Crippen LogP contribution in [0.25, 0.3) is 0 Å². The third-order valence-corrected chi connectivity index (χ3v) is 5.26. The van der Waals surface area contributed by atoms with E-state index in [2.05, 4.69) is 0 Å². The first-order valence-corrected chi connectivity index (χ1v) is 8.96. The number of benzene rings is 1. The summed E-state index contributed by atoms with van der Waals surface area (Å²) in [4.78, 5) is 28.2. The normalized spacial score (nSPS) is 21.0. The van der Waals surface area contributed by atoms with Crippen LogP contribution < -0.4 is 9.80 Å². The molecule has 0 saturated carbocycles. The summed E-state index contributed by atoms with van der Waals surface area (Å²) in [6.45, 7) is 3.23. The molecular formula is C16H20FN3O3S. The van der Waals surface area contributed by atoms with Crippen molar-refractivity contribution in [1.29, 1.82) is 0 Å². The van der Waals surface area contributed by atoms with Gasteiger partial charge in [-0.05, 0) is 18.2 Å². The zero-order valence-corrected chi connectivity index (χ0v) is 14.5.